The maximum atomic E-state index is 15.9. The Bertz CT molecular complexity index is 4850. The van der Waals surface area contributed by atoms with Crippen LogP contribution in [-0.2, 0) is 18.5 Å². The van der Waals surface area contributed by atoms with Crippen LogP contribution < -0.4 is 9.80 Å². The molecule has 12 aromatic rings. The fourth-order valence-electron chi connectivity index (χ4n) is 12.4. The summed E-state index contributed by atoms with van der Waals surface area (Å²) in [5.41, 5.74) is -4.81. The number of benzene rings is 10. The van der Waals surface area contributed by atoms with Crippen LogP contribution in [0, 0.1) is 0 Å². The number of hydrogen-bond donors (Lipinski definition) is 0. The van der Waals surface area contributed by atoms with E-state index in [-0.39, 0.29) is 78.2 Å². The molecule has 0 atom stereocenters. The Morgan fingerprint density at radius 2 is 0.714 bits per heavy atom. The molecule has 2 aliphatic heterocycles. The molecule has 2 aromatic heterocycles. The van der Waals surface area contributed by atoms with Crippen molar-refractivity contribution in [2.45, 2.75) is 18.5 Å². The molecular formula is C67H35F9N4O4. The third-order valence-corrected chi connectivity index (χ3v) is 15.7. The average Bonchev–Trinajstić information content (AvgIpc) is 1.61. The summed E-state index contributed by atoms with van der Waals surface area (Å²) in [5.74, 6) is -3.61. The summed E-state index contributed by atoms with van der Waals surface area (Å²) in [5, 5.41) is -1.15. The highest BCUT2D eigenvalue weighted by Crippen LogP contribution is 2.53. The number of fused-ring (bicyclic) bond motifs is 8. The standard InChI is InChI=1S/C67H35F9N4O4/c68-65(69,70)45-26-15-33-53-57(45)58-46(66(71,72)73)35-34-42(60(58)78(53)52-32-14-24-43-56(52)63(83)79(61(43)81)48-28-9-7-20-38(48)36-16-3-1-4-17-36)40-22-12-30-50(54(40)37-18-5-2-6-19-37)80-62(82)44-25-13-31-51(55(44)64(80)84)77-49-29-10-8-21-39(49)41-23-11-27-47(59(41)77)67(74,75)76/h1-35H. The Morgan fingerprint density at radius 3 is 1.35 bits per heavy atom. The highest BCUT2D eigenvalue weighted by atomic mass is 19.4. The van der Waals surface area contributed by atoms with Crippen LogP contribution in [0.5, 0.6) is 0 Å². The van der Waals surface area contributed by atoms with Gasteiger partial charge in [0, 0.05) is 38.2 Å². The molecule has 14 rings (SSSR count). The van der Waals surface area contributed by atoms with Crippen LogP contribution in [0.1, 0.15) is 58.1 Å². The minimum Gasteiger partial charge on any atom is -0.308 e. The second-order valence-corrected chi connectivity index (χ2v) is 20.2. The molecule has 0 fully saturated rings. The Balaban J connectivity index is 1.04. The number of nitrogens with zero attached hydrogens (tertiary/aromatic N) is 4. The summed E-state index contributed by atoms with van der Waals surface area (Å²) >= 11 is 0. The van der Waals surface area contributed by atoms with Gasteiger partial charge in [0.2, 0.25) is 0 Å². The van der Waals surface area contributed by atoms with E-state index >= 15 is 53.9 Å². The zero-order valence-corrected chi connectivity index (χ0v) is 43.0. The van der Waals surface area contributed by atoms with E-state index < -0.39 is 80.7 Å². The van der Waals surface area contributed by atoms with Crippen LogP contribution in [0.4, 0.5) is 50.9 Å². The van der Waals surface area contributed by atoms with Gasteiger partial charge in [-0.1, -0.05) is 146 Å². The summed E-state index contributed by atoms with van der Waals surface area (Å²) in [6, 6.07) is 50.9. The van der Waals surface area contributed by atoms with Crippen LogP contribution >= 0.6 is 0 Å². The third-order valence-electron chi connectivity index (χ3n) is 15.7. The smallest absolute Gasteiger partial charge is 0.308 e. The van der Waals surface area contributed by atoms with E-state index in [2.05, 4.69) is 0 Å². The normalized spacial score (nSPS) is 13.8. The molecule has 0 saturated heterocycles. The molecule has 0 N–H and O–H groups in total. The topological polar surface area (TPSA) is 84.6 Å². The first-order valence-corrected chi connectivity index (χ1v) is 26.1. The highest BCUT2D eigenvalue weighted by Gasteiger charge is 2.46. The first-order chi connectivity index (χ1) is 40.3. The van der Waals surface area contributed by atoms with Crippen LogP contribution in [0.3, 0.4) is 0 Å². The summed E-state index contributed by atoms with van der Waals surface area (Å²) in [6.45, 7) is 0. The zero-order valence-electron chi connectivity index (χ0n) is 43.0. The second kappa shape index (κ2) is 18.5. The molecule has 17 heteroatoms. The van der Waals surface area contributed by atoms with E-state index in [1.165, 1.54) is 77.4 Å². The predicted molar refractivity (Wildman–Crippen MR) is 302 cm³/mol. The summed E-state index contributed by atoms with van der Waals surface area (Å²) < 4.78 is 142. The number of carbonyl (C=O) groups is 4. The number of carbonyl (C=O) groups excluding carboxylic acids is 4. The molecule has 8 nitrogen and oxygen atoms in total. The maximum Gasteiger partial charge on any atom is 0.418 e. The van der Waals surface area contributed by atoms with E-state index in [0.717, 1.165) is 32.6 Å². The number of rotatable bonds is 7. The third kappa shape index (κ3) is 7.57. The number of para-hydroxylation sites is 3. The van der Waals surface area contributed by atoms with Crippen molar-refractivity contribution in [2.24, 2.45) is 0 Å². The lowest BCUT2D eigenvalue weighted by Crippen LogP contribution is -2.30. The van der Waals surface area contributed by atoms with Crippen LogP contribution in [-0.4, -0.2) is 32.8 Å². The number of aromatic nitrogens is 2. The Kier molecular flexibility index (Phi) is 11.4. The molecule has 0 saturated carbocycles. The molecule has 0 aliphatic carbocycles. The number of imide groups is 2. The van der Waals surface area contributed by atoms with Gasteiger partial charge < -0.3 is 9.13 Å². The van der Waals surface area contributed by atoms with Crippen molar-refractivity contribution in [3.05, 3.63) is 251 Å². The molecule has 0 radical (unpaired) electrons. The summed E-state index contributed by atoms with van der Waals surface area (Å²) in [4.78, 5) is 62.5. The minimum absolute atomic E-state index is 0.00238. The van der Waals surface area contributed by atoms with Crippen LogP contribution in [0.15, 0.2) is 212 Å². The van der Waals surface area contributed by atoms with Gasteiger partial charge in [0.05, 0.1) is 83.8 Å². The number of amides is 4. The van der Waals surface area contributed by atoms with E-state index in [9.17, 15) is 4.79 Å². The molecule has 0 spiro atoms. The highest BCUT2D eigenvalue weighted by molar-refractivity contribution is 6.38. The van der Waals surface area contributed by atoms with Crippen molar-refractivity contribution in [1.29, 1.82) is 0 Å². The largest absolute Gasteiger partial charge is 0.418 e. The van der Waals surface area contributed by atoms with Crippen molar-refractivity contribution in [3.8, 4) is 44.8 Å². The molecule has 0 unspecified atom stereocenters. The molecule has 2 aliphatic rings. The second-order valence-electron chi connectivity index (χ2n) is 20.2. The van der Waals surface area contributed by atoms with Crippen LogP contribution in [0.2, 0.25) is 0 Å². The predicted octanol–water partition coefficient (Wildman–Crippen LogP) is 17.5. The Hall–Kier alpha value is -10.6. The van der Waals surface area contributed by atoms with Gasteiger partial charge in [-0.05, 0) is 83.4 Å². The van der Waals surface area contributed by atoms with E-state index in [4.69, 9.17) is 0 Å². The number of hydrogen-bond acceptors (Lipinski definition) is 4. The number of alkyl halides is 9. The Morgan fingerprint density at radius 1 is 0.274 bits per heavy atom. The van der Waals surface area contributed by atoms with Gasteiger partial charge >= 0.3 is 18.5 Å². The first kappa shape index (κ1) is 51.6. The minimum atomic E-state index is -5.31. The number of halogens is 9. The van der Waals surface area contributed by atoms with Crippen molar-refractivity contribution in [2.75, 3.05) is 9.80 Å². The van der Waals surface area contributed by atoms with E-state index in [0.29, 0.717) is 34.2 Å². The molecule has 0 bridgehead atoms. The van der Waals surface area contributed by atoms with Gasteiger partial charge in [0.1, 0.15) is 0 Å². The SMILES string of the molecule is O=C1c2cccc(-n3c4cccc(C(F)(F)F)c4c4c(C(F)(F)F)ccc(-c5cccc(N6C(=O)c7cccc(-n8c9ccccc9c9cccc(C(F)(F)F)c98)c7C6=O)c5-c5ccccc5)c43)c2C(=O)N1c1ccccc1-c1ccccc1. The van der Waals surface area contributed by atoms with Gasteiger partial charge in [-0.2, -0.15) is 39.5 Å². The quantitative estimate of drug-likeness (QED) is 0.118. The van der Waals surface area contributed by atoms with E-state index in [1.807, 2.05) is 0 Å². The average molecular weight is 1130 g/mol. The van der Waals surface area contributed by atoms with Gasteiger partial charge in [-0.3, -0.25) is 19.2 Å². The van der Waals surface area contributed by atoms with Gasteiger partial charge in [-0.15, -0.1) is 0 Å². The molecule has 10 aromatic carbocycles. The number of anilines is 2. The Labute approximate surface area is 469 Å². The zero-order chi connectivity index (χ0) is 58.3. The van der Waals surface area contributed by atoms with Gasteiger partial charge in [0.15, 0.2) is 0 Å². The monoisotopic (exact) mass is 1130 g/mol. The molecule has 4 heterocycles. The fourth-order valence-corrected chi connectivity index (χ4v) is 12.4. The van der Waals surface area contributed by atoms with Gasteiger partial charge in [0.25, 0.3) is 23.6 Å². The molecule has 84 heavy (non-hydrogen) atoms. The van der Waals surface area contributed by atoms with Crippen molar-refractivity contribution in [3.63, 3.8) is 0 Å². The fraction of sp³-hybridized carbons (Fsp3) is 0.0448. The first-order valence-electron chi connectivity index (χ1n) is 26.1. The lowest BCUT2D eigenvalue weighted by atomic mass is 9.89. The molecular weight excluding hydrogens is 1100 g/mol. The summed E-state index contributed by atoms with van der Waals surface area (Å²) in [7, 11) is 0. The van der Waals surface area contributed by atoms with Gasteiger partial charge in [-0.25, -0.2) is 9.80 Å². The lowest BCUT2D eigenvalue weighted by molar-refractivity contribution is -0.138. The van der Waals surface area contributed by atoms with Crippen molar-refractivity contribution >= 4 is 78.6 Å². The molecule has 410 valence electrons. The van der Waals surface area contributed by atoms with Crippen molar-refractivity contribution in [1.82, 2.24) is 9.13 Å². The lowest BCUT2D eigenvalue weighted by Gasteiger charge is -2.23. The van der Waals surface area contributed by atoms with Crippen molar-refractivity contribution < 1.29 is 58.7 Å². The molecule has 4 amide bonds. The van der Waals surface area contributed by atoms with Crippen LogP contribution in [0.25, 0.3) is 88.4 Å². The summed E-state index contributed by atoms with van der Waals surface area (Å²) in [6.07, 6.45) is -15.4. The maximum absolute atomic E-state index is 15.9. The van der Waals surface area contributed by atoms with E-state index in [1.54, 1.807) is 109 Å².